The molecule has 4 nitrogen and oxygen atoms in total. The molecule has 6 heteroatoms. The predicted molar refractivity (Wildman–Crippen MR) is 85.5 cm³/mol. The van der Waals surface area contributed by atoms with Gasteiger partial charge in [-0.3, -0.25) is 0 Å². The molecule has 2 rings (SSSR count). The first-order chi connectivity index (χ1) is 8.79. The lowest BCUT2D eigenvalue weighted by atomic mass is 9.92. The van der Waals surface area contributed by atoms with E-state index >= 15 is 0 Å². The van der Waals surface area contributed by atoms with Crippen LogP contribution >= 0.6 is 28.1 Å². The van der Waals surface area contributed by atoms with E-state index in [1.54, 1.807) is 0 Å². The summed E-state index contributed by atoms with van der Waals surface area (Å²) in [5.41, 5.74) is 1.12. The monoisotopic (exact) mass is 344 g/mol. The Hall–Kier alpha value is -0.460. The normalized spacial score (nSPS) is 17.8. The number of rotatable bonds is 1. The standard InChI is InChI=1S/C13H21BrN4S/c1-13(2,3)10-9(14)11(19)16-12(15-10)18-7-5-17(4)6-8-18/h5-8H2,1-4H3,(H,15,16,19). The number of H-pyrrole nitrogens is 1. The third-order valence-electron chi connectivity index (χ3n) is 3.40. The van der Waals surface area contributed by atoms with Crippen LogP contribution in [0.1, 0.15) is 26.5 Å². The molecule has 1 aromatic heterocycles. The van der Waals surface area contributed by atoms with Crippen molar-refractivity contribution in [2.24, 2.45) is 0 Å². The van der Waals surface area contributed by atoms with Crippen LogP contribution in [-0.2, 0) is 5.41 Å². The van der Waals surface area contributed by atoms with Crippen molar-refractivity contribution < 1.29 is 0 Å². The fraction of sp³-hybridized carbons (Fsp3) is 0.692. The van der Waals surface area contributed by atoms with Gasteiger partial charge in [0.05, 0.1) is 4.47 Å². The number of aromatic amines is 1. The predicted octanol–water partition coefficient (Wildman–Crippen LogP) is 2.95. The molecule has 0 aliphatic carbocycles. The van der Waals surface area contributed by atoms with E-state index in [2.05, 4.69) is 63.5 Å². The summed E-state index contributed by atoms with van der Waals surface area (Å²) in [7, 11) is 2.15. The minimum Gasteiger partial charge on any atom is -0.340 e. The second-order valence-electron chi connectivity index (χ2n) is 6.09. The topological polar surface area (TPSA) is 35.2 Å². The number of nitrogens with one attached hydrogen (secondary N) is 1. The molecule has 19 heavy (non-hydrogen) atoms. The molecule has 0 amide bonds. The summed E-state index contributed by atoms with van der Waals surface area (Å²) < 4.78 is 1.55. The van der Waals surface area contributed by atoms with E-state index < -0.39 is 0 Å². The number of aromatic nitrogens is 2. The number of hydrogen-bond donors (Lipinski definition) is 1. The number of likely N-dealkylation sites (N-methyl/N-ethyl adjacent to an activating group) is 1. The lowest BCUT2D eigenvalue weighted by Gasteiger charge is -2.33. The highest BCUT2D eigenvalue weighted by Gasteiger charge is 2.23. The van der Waals surface area contributed by atoms with Gasteiger partial charge in [-0.25, -0.2) is 4.98 Å². The number of halogens is 1. The smallest absolute Gasteiger partial charge is 0.204 e. The van der Waals surface area contributed by atoms with Crippen LogP contribution in [0.5, 0.6) is 0 Å². The van der Waals surface area contributed by atoms with Crippen molar-refractivity contribution in [1.29, 1.82) is 0 Å². The van der Waals surface area contributed by atoms with Crippen molar-refractivity contribution in [3.8, 4) is 0 Å². The van der Waals surface area contributed by atoms with Crippen molar-refractivity contribution >= 4 is 34.1 Å². The summed E-state index contributed by atoms with van der Waals surface area (Å²) in [5.74, 6) is 0.895. The molecule has 1 N–H and O–H groups in total. The van der Waals surface area contributed by atoms with Gasteiger partial charge in [-0.1, -0.05) is 33.0 Å². The van der Waals surface area contributed by atoms with Gasteiger partial charge < -0.3 is 14.8 Å². The van der Waals surface area contributed by atoms with Crippen LogP contribution in [0.4, 0.5) is 5.95 Å². The van der Waals surface area contributed by atoms with Gasteiger partial charge >= 0.3 is 0 Å². The van der Waals surface area contributed by atoms with Crippen LogP contribution in [-0.4, -0.2) is 48.1 Å². The Morgan fingerprint density at radius 3 is 2.32 bits per heavy atom. The van der Waals surface area contributed by atoms with E-state index in [0.717, 1.165) is 42.3 Å². The van der Waals surface area contributed by atoms with Gasteiger partial charge in [-0.15, -0.1) is 0 Å². The summed E-state index contributed by atoms with van der Waals surface area (Å²) in [6, 6.07) is 0. The Morgan fingerprint density at radius 2 is 1.79 bits per heavy atom. The minimum absolute atomic E-state index is 0.0106. The number of hydrogen-bond acceptors (Lipinski definition) is 4. The van der Waals surface area contributed by atoms with Gasteiger partial charge in [-0.05, 0) is 23.0 Å². The SMILES string of the molecule is CN1CCN(c2nc(=S)c(Br)c(C(C)(C)C)[nH]2)CC1. The minimum atomic E-state index is 0.0106. The van der Waals surface area contributed by atoms with Gasteiger partial charge in [-0.2, -0.15) is 0 Å². The molecule has 1 saturated heterocycles. The molecule has 0 aromatic carbocycles. The average molecular weight is 345 g/mol. The number of anilines is 1. The molecule has 0 atom stereocenters. The summed E-state index contributed by atoms with van der Waals surface area (Å²) in [4.78, 5) is 12.6. The van der Waals surface area contributed by atoms with E-state index in [1.807, 2.05) is 0 Å². The molecular formula is C13H21BrN4S. The quantitative estimate of drug-likeness (QED) is 0.794. The molecule has 0 bridgehead atoms. The molecule has 0 saturated carbocycles. The highest BCUT2D eigenvalue weighted by Crippen LogP contribution is 2.30. The molecule has 106 valence electrons. The van der Waals surface area contributed by atoms with Crippen molar-refractivity contribution in [2.75, 3.05) is 38.1 Å². The Balaban J connectivity index is 2.37. The van der Waals surface area contributed by atoms with Crippen LogP contribution in [0.2, 0.25) is 0 Å². The molecule has 0 radical (unpaired) electrons. The molecule has 0 spiro atoms. The molecule has 1 fully saturated rings. The fourth-order valence-electron chi connectivity index (χ4n) is 2.13. The van der Waals surface area contributed by atoms with Crippen LogP contribution in [0.15, 0.2) is 4.47 Å². The van der Waals surface area contributed by atoms with Crippen LogP contribution in [0.25, 0.3) is 0 Å². The Kier molecular flexibility index (Phi) is 4.32. The highest BCUT2D eigenvalue weighted by molar-refractivity contribution is 9.10. The highest BCUT2D eigenvalue weighted by atomic mass is 79.9. The van der Waals surface area contributed by atoms with E-state index in [0.29, 0.717) is 4.64 Å². The number of piperazine rings is 1. The second kappa shape index (κ2) is 5.50. The second-order valence-corrected chi connectivity index (χ2v) is 7.27. The molecule has 1 aromatic rings. The maximum absolute atomic E-state index is 5.37. The summed E-state index contributed by atoms with van der Waals surface area (Å²) >= 11 is 8.93. The largest absolute Gasteiger partial charge is 0.340 e. The number of nitrogens with zero attached hydrogens (tertiary/aromatic N) is 3. The molecule has 0 unspecified atom stereocenters. The lowest BCUT2D eigenvalue weighted by Crippen LogP contribution is -2.45. The van der Waals surface area contributed by atoms with Gasteiger partial charge in [0.25, 0.3) is 0 Å². The average Bonchev–Trinajstić information content (AvgIpc) is 2.32. The zero-order valence-corrected chi connectivity index (χ0v) is 14.4. The molecule has 1 aliphatic heterocycles. The van der Waals surface area contributed by atoms with Crippen LogP contribution in [0.3, 0.4) is 0 Å². The van der Waals surface area contributed by atoms with E-state index in [9.17, 15) is 0 Å². The Bertz CT molecular complexity index is 512. The third-order valence-corrected chi connectivity index (χ3v) is 4.73. The van der Waals surface area contributed by atoms with Crippen molar-refractivity contribution in [3.05, 3.63) is 14.8 Å². The summed E-state index contributed by atoms with van der Waals surface area (Å²) in [5, 5.41) is 0. The van der Waals surface area contributed by atoms with Gasteiger partial charge in [0.1, 0.15) is 4.64 Å². The Morgan fingerprint density at radius 1 is 1.21 bits per heavy atom. The van der Waals surface area contributed by atoms with E-state index in [4.69, 9.17) is 12.2 Å². The first-order valence-corrected chi connectivity index (χ1v) is 7.73. The summed E-state index contributed by atoms with van der Waals surface area (Å²) in [6.07, 6.45) is 0. The van der Waals surface area contributed by atoms with Gasteiger partial charge in [0, 0.05) is 37.3 Å². The van der Waals surface area contributed by atoms with Gasteiger partial charge in [0.2, 0.25) is 5.95 Å². The lowest BCUT2D eigenvalue weighted by molar-refractivity contribution is 0.311. The van der Waals surface area contributed by atoms with E-state index in [1.165, 1.54) is 0 Å². The van der Waals surface area contributed by atoms with Crippen LogP contribution < -0.4 is 4.90 Å². The van der Waals surface area contributed by atoms with Crippen molar-refractivity contribution in [3.63, 3.8) is 0 Å². The van der Waals surface area contributed by atoms with Gasteiger partial charge in [0.15, 0.2) is 0 Å². The molecular weight excluding hydrogens is 324 g/mol. The molecule has 2 heterocycles. The van der Waals surface area contributed by atoms with Crippen LogP contribution in [0, 0.1) is 4.64 Å². The fourth-order valence-corrected chi connectivity index (χ4v) is 3.10. The summed E-state index contributed by atoms with van der Waals surface area (Å²) in [6.45, 7) is 10.6. The zero-order chi connectivity index (χ0) is 14.2. The first-order valence-electron chi connectivity index (χ1n) is 6.53. The van der Waals surface area contributed by atoms with Crippen molar-refractivity contribution in [2.45, 2.75) is 26.2 Å². The zero-order valence-electron chi connectivity index (χ0n) is 12.0. The van der Waals surface area contributed by atoms with E-state index in [-0.39, 0.29) is 5.41 Å². The van der Waals surface area contributed by atoms with Crippen molar-refractivity contribution in [1.82, 2.24) is 14.9 Å². The first kappa shape index (κ1) is 14.9. The third kappa shape index (κ3) is 3.35. The molecule has 1 aliphatic rings. The maximum Gasteiger partial charge on any atom is 0.204 e. The maximum atomic E-state index is 5.37. The Labute approximate surface area is 128 Å².